The molecule has 5 rings (SSSR count). The third kappa shape index (κ3) is 8.37. The molecule has 268 valence electrons. The topological polar surface area (TPSA) is 213 Å². The summed E-state index contributed by atoms with van der Waals surface area (Å²) >= 11 is 1.57. The summed E-state index contributed by atoms with van der Waals surface area (Å²) in [6, 6.07) is 7.26. The van der Waals surface area contributed by atoms with Crippen LogP contribution in [0.15, 0.2) is 35.8 Å². The minimum absolute atomic E-state index is 0.0108. The quantitative estimate of drug-likeness (QED) is 0.201. The van der Waals surface area contributed by atoms with Gasteiger partial charge in [-0.15, -0.1) is 21.5 Å². The number of nitrogen functional groups attached to an aromatic ring is 1. The molecule has 4 atom stereocenters. The van der Waals surface area contributed by atoms with Crippen LogP contribution >= 0.6 is 11.3 Å². The van der Waals surface area contributed by atoms with E-state index in [4.69, 9.17) is 11.5 Å². The molecule has 0 spiro atoms. The molecule has 2 unspecified atom stereocenters. The van der Waals surface area contributed by atoms with Crippen LogP contribution in [-0.4, -0.2) is 111 Å². The molecule has 7 N–H and O–H groups in total. The van der Waals surface area contributed by atoms with Crippen LogP contribution in [0.5, 0.6) is 0 Å². The van der Waals surface area contributed by atoms with Gasteiger partial charge in [0, 0.05) is 39.1 Å². The molecular formula is C34H46N10O5S. The number of carbonyl (C=O) groups is 4. The number of nitrogens with two attached hydrogens (primary N) is 2. The highest BCUT2D eigenvalue weighted by Crippen LogP contribution is 2.30. The van der Waals surface area contributed by atoms with Gasteiger partial charge in [-0.3, -0.25) is 24.1 Å². The van der Waals surface area contributed by atoms with Gasteiger partial charge in [-0.2, -0.15) is 0 Å². The molecule has 2 aliphatic rings. The smallest absolute Gasteiger partial charge is 0.269 e. The number of primary amides is 1. The maximum atomic E-state index is 14.1. The van der Waals surface area contributed by atoms with E-state index in [0.717, 1.165) is 21.7 Å². The summed E-state index contributed by atoms with van der Waals surface area (Å²) in [7, 11) is 0. The molecule has 4 heterocycles. The van der Waals surface area contributed by atoms with Crippen molar-refractivity contribution in [2.75, 3.05) is 49.9 Å². The fraction of sp³-hybridized carbons (Fsp3) is 0.500. The maximum absolute atomic E-state index is 14.1. The number of aryl methyl sites for hydroxylation is 1. The number of aromatic nitrogens is 3. The van der Waals surface area contributed by atoms with Gasteiger partial charge in [0.1, 0.15) is 12.1 Å². The van der Waals surface area contributed by atoms with Gasteiger partial charge in [-0.1, -0.05) is 45.0 Å². The summed E-state index contributed by atoms with van der Waals surface area (Å²) in [5.74, 6) is -1.65. The molecule has 0 saturated carbocycles. The first kappa shape index (κ1) is 36.6. The number of rotatable bonds is 10. The number of amides is 4. The van der Waals surface area contributed by atoms with E-state index in [0.29, 0.717) is 31.9 Å². The lowest BCUT2D eigenvalue weighted by Crippen LogP contribution is -2.59. The average Bonchev–Trinajstić information content (AvgIpc) is 3.68. The molecule has 3 aromatic rings. The van der Waals surface area contributed by atoms with Crippen LogP contribution in [0.1, 0.15) is 61.9 Å². The van der Waals surface area contributed by atoms with Crippen molar-refractivity contribution < 1.29 is 24.3 Å². The van der Waals surface area contributed by atoms with E-state index in [2.05, 4.69) is 25.8 Å². The Labute approximate surface area is 295 Å². The number of nitrogens with zero attached hydrogens (tertiary/aromatic N) is 6. The third-order valence-corrected chi connectivity index (χ3v) is 10.2. The normalized spacial score (nSPS) is 19.6. The van der Waals surface area contributed by atoms with Crippen molar-refractivity contribution in [1.82, 2.24) is 35.6 Å². The van der Waals surface area contributed by atoms with Crippen LogP contribution in [0.4, 0.5) is 11.5 Å². The lowest BCUT2D eigenvalue weighted by molar-refractivity contribution is -0.144. The van der Waals surface area contributed by atoms with Gasteiger partial charge < -0.3 is 37.0 Å². The number of benzene rings is 1. The van der Waals surface area contributed by atoms with Crippen LogP contribution in [0.25, 0.3) is 10.4 Å². The Morgan fingerprint density at radius 3 is 2.34 bits per heavy atom. The number of piperazine rings is 1. The number of anilines is 2. The Kier molecular flexibility index (Phi) is 11.0. The number of carbonyl (C=O) groups excluding carboxylic acids is 4. The number of β-amino-alcohol motifs (C(OH)–C–C–N with tert-alkyl or cyclic N) is 1. The lowest BCUT2D eigenvalue weighted by Gasteiger charge is -2.38. The molecule has 2 aliphatic heterocycles. The Bertz CT molecular complexity index is 1720. The SMILES string of the molecule is Cc1ncsc1-c1ccc(C(C)NC(=O)[C@@H]2C[C@@H](O)CN2C(=O)C(NC(=O)CN2CCN(c3cc(C(N)=O)nnc3N)CC2)C(C)(C)C)cc1. The molecule has 16 heteroatoms. The molecule has 4 amide bonds. The van der Waals surface area contributed by atoms with Gasteiger partial charge in [0.2, 0.25) is 17.7 Å². The van der Waals surface area contributed by atoms with Gasteiger partial charge >= 0.3 is 0 Å². The van der Waals surface area contributed by atoms with Gasteiger partial charge in [-0.25, -0.2) is 4.98 Å². The Morgan fingerprint density at radius 1 is 1.06 bits per heavy atom. The largest absolute Gasteiger partial charge is 0.391 e. The standard InChI is InChI=1S/C34H46N10O5S/c1-19(21-6-8-22(9-7-21)28-20(2)37-18-50-28)38-32(48)26-14-23(45)16-44(26)33(49)29(34(3,4)5)39-27(46)17-42-10-12-43(13-11-42)25-15-24(31(36)47)40-41-30(25)35/h6-9,15,18-19,23,26,29,45H,10-14,16-17H2,1-5H3,(H2,35,41)(H2,36,47)(H,38,48)(H,39,46)/t19?,23-,26+,29?/m1/s1. The third-order valence-electron chi connectivity index (χ3n) is 9.19. The van der Waals surface area contributed by atoms with Crippen LogP contribution in [-0.2, 0) is 14.4 Å². The van der Waals surface area contributed by atoms with Crippen molar-refractivity contribution in [2.45, 2.75) is 65.3 Å². The molecule has 0 aliphatic carbocycles. The van der Waals surface area contributed by atoms with E-state index in [1.54, 1.807) is 11.3 Å². The summed E-state index contributed by atoms with van der Waals surface area (Å²) in [6.45, 7) is 11.5. The molecule has 1 aromatic carbocycles. The van der Waals surface area contributed by atoms with E-state index in [9.17, 15) is 24.3 Å². The summed E-state index contributed by atoms with van der Waals surface area (Å²) in [5.41, 5.74) is 16.0. The fourth-order valence-corrected chi connectivity index (χ4v) is 7.15. The van der Waals surface area contributed by atoms with Gasteiger partial charge in [0.15, 0.2) is 11.5 Å². The van der Waals surface area contributed by atoms with E-state index in [-0.39, 0.29) is 48.9 Å². The molecule has 15 nitrogen and oxygen atoms in total. The first-order valence-electron chi connectivity index (χ1n) is 16.6. The molecule has 2 saturated heterocycles. The van der Waals surface area contributed by atoms with Crippen LogP contribution in [0.2, 0.25) is 0 Å². The predicted molar refractivity (Wildman–Crippen MR) is 190 cm³/mol. The number of hydrogen-bond acceptors (Lipinski definition) is 12. The van der Waals surface area contributed by atoms with E-state index in [1.807, 2.05) is 74.2 Å². The van der Waals surface area contributed by atoms with E-state index < -0.39 is 35.4 Å². The first-order valence-corrected chi connectivity index (χ1v) is 17.5. The molecular weight excluding hydrogens is 661 g/mol. The van der Waals surface area contributed by atoms with E-state index in [1.165, 1.54) is 11.0 Å². The monoisotopic (exact) mass is 706 g/mol. The van der Waals surface area contributed by atoms with Crippen molar-refractivity contribution in [1.29, 1.82) is 0 Å². The molecule has 0 radical (unpaired) electrons. The second-order valence-electron chi connectivity index (χ2n) is 14.0. The summed E-state index contributed by atoms with van der Waals surface area (Å²) in [6.07, 6.45) is -0.773. The van der Waals surface area contributed by atoms with E-state index >= 15 is 0 Å². The van der Waals surface area contributed by atoms with Crippen LogP contribution in [0, 0.1) is 12.3 Å². The van der Waals surface area contributed by atoms with Gasteiger partial charge in [-0.05, 0) is 36.5 Å². The molecule has 50 heavy (non-hydrogen) atoms. The Hall–Kier alpha value is -4.67. The Balaban J connectivity index is 1.19. The van der Waals surface area contributed by atoms with Crippen molar-refractivity contribution >= 4 is 46.5 Å². The molecule has 0 bridgehead atoms. The highest BCUT2D eigenvalue weighted by atomic mass is 32.1. The minimum atomic E-state index is -0.938. The molecule has 2 fully saturated rings. The van der Waals surface area contributed by atoms with Crippen LogP contribution < -0.4 is 27.0 Å². The van der Waals surface area contributed by atoms with Crippen molar-refractivity contribution in [2.24, 2.45) is 11.1 Å². The number of aliphatic hydroxyl groups is 1. The second-order valence-corrected chi connectivity index (χ2v) is 14.9. The number of aliphatic hydroxyl groups excluding tert-OH is 1. The summed E-state index contributed by atoms with van der Waals surface area (Å²) < 4.78 is 0. The van der Waals surface area contributed by atoms with Gasteiger partial charge in [0.25, 0.3) is 5.91 Å². The fourth-order valence-electron chi connectivity index (χ4n) is 6.34. The number of nitrogens with one attached hydrogen (secondary N) is 2. The summed E-state index contributed by atoms with van der Waals surface area (Å²) in [5, 5.41) is 24.1. The number of hydrogen-bond donors (Lipinski definition) is 5. The minimum Gasteiger partial charge on any atom is -0.391 e. The predicted octanol–water partition coefficient (Wildman–Crippen LogP) is 1.08. The zero-order valence-corrected chi connectivity index (χ0v) is 29.9. The Morgan fingerprint density at radius 2 is 1.74 bits per heavy atom. The van der Waals surface area contributed by atoms with Crippen molar-refractivity contribution in [3.05, 3.63) is 52.8 Å². The van der Waals surface area contributed by atoms with Crippen molar-refractivity contribution in [3.8, 4) is 10.4 Å². The number of thiazole rings is 1. The van der Waals surface area contributed by atoms with Crippen molar-refractivity contribution in [3.63, 3.8) is 0 Å². The van der Waals surface area contributed by atoms with Gasteiger partial charge in [0.05, 0.1) is 40.5 Å². The highest BCUT2D eigenvalue weighted by Gasteiger charge is 2.44. The highest BCUT2D eigenvalue weighted by molar-refractivity contribution is 7.13. The maximum Gasteiger partial charge on any atom is 0.269 e. The first-order chi connectivity index (χ1) is 23.6. The summed E-state index contributed by atoms with van der Waals surface area (Å²) in [4.78, 5) is 63.3. The number of likely N-dealkylation sites (tertiary alicyclic amines) is 1. The lowest BCUT2D eigenvalue weighted by atomic mass is 9.85. The second kappa shape index (κ2) is 15.1. The zero-order valence-electron chi connectivity index (χ0n) is 29.0. The molecule has 2 aromatic heterocycles. The average molecular weight is 707 g/mol. The van der Waals surface area contributed by atoms with Crippen LogP contribution in [0.3, 0.4) is 0 Å². The zero-order chi connectivity index (χ0) is 36.3.